The van der Waals surface area contributed by atoms with Gasteiger partial charge < -0.3 is 4.74 Å². The van der Waals surface area contributed by atoms with Gasteiger partial charge in [-0.2, -0.15) is 0 Å². The molecule has 0 bridgehead atoms. The van der Waals surface area contributed by atoms with Gasteiger partial charge in [0, 0.05) is 6.42 Å². The van der Waals surface area contributed by atoms with Gasteiger partial charge in [-0.05, 0) is 50.9 Å². The number of allylic oxidation sites excluding steroid dienone is 6. The zero-order valence-corrected chi connectivity index (χ0v) is 38.1. The van der Waals surface area contributed by atoms with Crippen molar-refractivity contribution in [3.05, 3.63) is 36.5 Å². The van der Waals surface area contributed by atoms with Gasteiger partial charge >= 0.3 is 5.97 Å². The Morgan fingerprint density at radius 1 is 0.400 bits per heavy atom. The molecule has 2 heteroatoms. The van der Waals surface area contributed by atoms with Crippen LogP contribution in [0.1, 0.15) is 284 Å². The van der Waals surface area contributed by atoms with Crippen LogP contribution in [-0.4, -0.2) is 12.6 Å². The Kier molecular flexibility index (Phi) is 47.7. The van der Waals surface area contributed by atoms with E-state index in [9.17, 15) is 4.79 Å². The van der Waals surface area contributed by atoms with Gasteiger partial charge in [-0.25, -0.2) is 0 Å². The Morgan fingerprint density at radius 2 is 0.727 bits per heavy atom. The Hall–Kier alpha value is -1.31. The number of rotatable bonds is 46. The van der Waals surface area contributed by atoms with Gasteiger partial charge in [0.1, 0.15) is 0 Å². The molecule has 0 radical (unpaired) electrons. The van der Waals surface area contributed by atoms with E-state index in [0.29, 0.717) is 13.0 Å². The molecular formula is C53H100O2. The van der Waals surface area contributed by atoms with Crippen molar-refractivity contribution in [3.63, 3.8) is 0 Å². The maximum absolute atomic E-state index is 12.0. The highest BCUT2D eigenvalue weighted by Crippen LogP contribution is 2.18. The van der Waals surface area contributed by atoms with Crippen LogP contribution >= 0.6 is 0 Å². The molecule has 0 heterocycles. The molecule has 0 saturated heterocycles. The first-order valence-electron chi connectivity index (χ1n) is 25.3. The summed E-state index contributed by atoms with van der Waals surface area (Å²) < 4.78 is 5.47. The number of unbranched alkanes of at least 4 members (excludes halogenated alkanes) is 33. The minimum Gasteiger partial charge on any atom is -0.466 e. The molecule has 1 atom stereocenters. The first-order valence-corrected chi connectivity index (χ1v) is 25.3. The Bertz CT molecular complexity index is 809. The Labute approximate surface area is 347 Å². The Balaban J connectivity index is 3.18. The molecule has 0 aromatic heterocycles. The van der Waals surface area contributed by atoms with Gasteiger partial charge in [-0.1, -0.05) is 269 Å². The first kappa shape index (κ1) is 53.7. The quantitative estimate of drug-likeness (QED) is 0.0350. The first-order chi connectivity index (χ1) is 27.2. The highest BCUT2D eigenvalue weighted by molar-refractivity contribution is 5.69. The molecule has 0 aliphatic carbocycles. The topological polar surface area (TPSA) is 26.3 Å². The van der Waals surface area contributed by atoms with E-state index in [1.54, 1.807) is 0 Å². The van der Waals surface area contributed by atoms with E-state index in [1.165, 1.54) is 218 Å². The van der Waals surface area contributed by atoms with E-state index < -0.39 is 0 Å². The predicted octanol–water partition coefficient (Wildman–Crippen LogP) is 18.9. The molecule has 0 aromatic carbocycles. The number of ether oxygens (including phenoxy) is 1. The third-order valence-corrected chi connectivity index (χ3v) is 11.8. The molecule has 0 aliphatic rings. The number of hydrogen-bond acceptors (Lipinski definition) is 2. The van der Waals surface area contributed by atoms with Gasteiger partial charge in [0.25, 0.3) is 0 Å². The Morgan fingerprint density at radius 3 is 1.13 bits per heavy atom. The van der Waals surface area contributed by atoms with Crippen LogP contribution in [0.5, 0.6) is 0 Å². The number of carbonyl (C=O) groups excluding carboxylic acids is 1. The van der Waals surface area contributed by atoms with Crippen molar-refractivity contribution in [1.82, 2.24) is 0 Å². The molecule has 0 rings (SSSR count). The van der Waals surface area contributed by atoms with Crippen LogP contribution in [0.3, 0.4) is 0 Å². The summed E-state index contributed by atoms with van der Waals surface area (Å²) >= 11 is 0. The summed E-state index contributed by atoms with van der Waals surface area (Å²) in [4.78, 5) is 12.0. The average molecular weight is 769 g/mol. The van der Waals surface area contributed by atoms with Gasteiger partial charge in [-0.3, -0.25) is 4.79 Å². The lowest BCUT2D eigenvalue weighted by atomic mass is 9.99. The molecule has 0 spiro atoms. The summed E-state index contributed by atoms with van der Waals surface area (Å²) in [6.07, 6.45) is 68.5. The smallest absolute Gasteiger partial charge is 0.305 e. The fraction of sp³-hybridized carbons (Fsp3) is 0.868. The van der Waals surface area contributed by atoms with Crippen LogP contribution in [0.25, 0.3) is 0 Å². The lowest BCUT2D eigenvalue weighted by Crippen LogP contribution is -2.05. The minimum absolute atomic E-state index is 0.0109. The molecule has 0 amide bonds. The molecule has 0 aliphatic heterocycles. The van der Waals surface area contributed by atoms with Crippen molar-refractivity contribution in [1.29, 1.82) is 0 Å². The third-order valence-electron chi connectivity index (χ3n) is 11.8. The fourth-order valence-electron chi connectivity index (χ4n) is 7.72. The molecule has 0 saturated carbocycles. The third kappa shape index (κ3) is 48.8. The second kappa shape index (κ2) is 48.8. The standard InChI is InChI=1S/C53H100O2/c1-4-6-7-8-9-10-11-12-28-32-35-38-41-44-47-50-53(54)55-51-48-45-42-39-36-33-30-27-25-23-21-19-17-15-13-14-16-18-20-22-24-26-29-31-34-37-40-43-46-49-52(3)5-2/h6-7,9-10,12,28,52H,4-5,8,11,13-27,29-51H2,1-3H3/b7-6-,10-9-,28-12-. The van der Waals surface area contributed by atoms with Crippen LogP contribution < -0.4 is 0 Å². The van der Waals surface area contributed by atoms with Crippen LogP contribution in [0.4, 0.5) is 0 Å². The van der Waals surface area contributed by atoms with Crippen LogP contribution in [-0.2, 0) is 9.53 Å². The van der Waals surface area contributed by atoms with Crippen molar-refractivity contribution in [3.8, 4) is 0 Å². The normalized spacial score (nSPS) is 12.6. The average Bonchev–Trinajstić information content (AvgIpc) is 3.19. The molecule has 324 valence electrons. The molecule has 1 unspecified atom stereocenters. The van der Waals surface area contributed by atoms with Gasteiger partial charge in [0.2, 0.25) is 0 Å². The summed E-state index contributed by atoms with van der Waals surface area (Å²) in [7, 11) is 0. The largest absolute Gasteiger partial charge is 0.466 e. The molecule has 55 heavy (non-hydrogen) atoms. The number of hydrogen-bond donors (Lipinski definition) is 0. The zero-order valence-electron chi connectivity index (χ0n) is 38.1. The van der Waals surface area contributed by atoms with E-state index in [4.69, 9.17) is 4.74 Å². The fourth-order valence-corrected chi connectivity index (χ4v) is 7.72. The van der Waals surface area contributed by atoms with Crippen LogP contribution in [0.15, 0.2) is 36.5 Å². The van der Waals surface area contributed by atoms with E-state index in [1.807, 2.05) is 0 Å². The van der Waals surface area contributed by atoms with Gasteiger partial charge in [0.05, 0.1) is 6.61 Å². The van der Waals surface area contributed by atoms with Crippen molar-refractivity contribution < 1.29 is 9.53 Å². The highest BCUT2D eigenvalue weighted by atomic mass is 16.5. The lowest BCUT2D eigenvalue weighted by molar-refractivity contribution is -0.143. The minimum atomic E-state index is 0.0109. The number of carbonyl (C=O) groups is 1. The number of esters is 1. The monoisotopic (exact) mass is 769 g/mol. The van der Waals surface area contributed by atoms with Gasteiger partial charge in [-0.15, -0.1) is 0 Å². The predicted molar refractivity (Wildman–Crippen MR) is 248 cm³/mol. The van der Waals surface area contributed by atoms with E-state index in [2.05, 4.69) is 57.2 Å². The van der Waals surface area contributed by atoms with Crippen molar-refractivity contribution in [2.24, 2.45) is 5.92 Å². The zero-order chi connectivity index (χ0) is 39.8. The maximum atomic E-state index is 12.0. The van der Waals surface area contributed by atoms with Crippen molar-refractivity contribution >= 4 is 5.97 Å². The van der Waals surface area contributed by atoms with Crippen molar-refractivity contribution in [2.45, 2.75) is 284 Å². The van der Waals surface area contributed by atoms with E-state index in [-0.39, 0.29) is 5.97 Å². The van der Waals surface area contributed by atoms with Crippen LogP contribution in [0, 0.1) is 5.92 Å². The van der Waals surface area contributed by atoms with Gasteiger partial charge in [0.15, 0.2) is 0 Å². The van der Waals surface area contributed by atoms with E-state index in [0.717, 1.165) is 44.4 Å². The summed E-state index contributed by atoms with van der Waals surface area (Å²) in [5.74, 6) is 0.949. The van der Waals surface area contributed by atoms with E-state index >= 15 is 0 Å². The van der Waals surface area contributed by atoms with Crippen molar-refractivity contribution in [2.75, 3.05) is 6.61 Å². The second-order valence-corrected chi connectivity index (χ2v) is 17.4. The summed E-state index contributed by atoms with van der Waals surface area (Å²) in [5, 5.41) is 0. The highest BCUT2D eigenvalue weighted by Gasteiger charge is 2.03. The molecular weight excluding hydrogens is 669 g/mol. The lowest BCUT2D eigenvalue weighted by Gasteiger charge is -2.07. The summed E-state index contributed by atoms with van der Waals surface area (Å²) in [5.41, 5.74) is 0. The SMILES string of the molecule is CC/C=C\C/C=C\C/C=C\CCCCCCCC(=O)OCCCCCCCCCCCCCCCCCCCCCCCCCCCCCCCC(C)CC. The summed E-state index contributed by atoms with van der Waals surface area (Å²) in [6.45, 7) is 7.52. The molecule has 2 nitrogen and oxygen atoms in total. The second-order valence-electron chi connectivity index (χ2n) is 17.4. The summed E-state index contributed by atoms with van der Waals surface area (Å²) in [6, 6.07) is 0. The maximum Gasteiger partial charge on any atom is 0.305 e. The molecule has 0 aromatic rings. The van der Waals surface area contributed by atoms with Crippen LogP contribution in [0.2, 0.25) is 0 Å². The molecule has 0 fully saturated rings. The molecule has 0 N–H and O–H groups in total.